The topological polar surface area (TPSA) is 115 Å². The number of hydrogen-bond donors (Lipinski definition) is 1. The molecule has 0 unspecified atom stereocenters. The summed E-state index contributed by atoms with van der Waals surface area (Å²) < 4.78 is 3.96. The Morgan fingerprint density at radius 3 is 2.28 bits per heavy atom. The van der Waals surface area contributed by atoms with Crippen molar-refractivity contribution in [2.45, 2.75) is 6.54 Å². The van der Waals surface area contributed by atoms with Crippen molar-refractivity contribution in [1.29, 1.82) is 0 Å². The minimum atomic E-state index is -0.412. The maximum absolute atomic E-state index is 10.7. The summed E-state index contributed by atoms with van der Waals surface area (Å²) >= 11 is 16.3. The van der Waals surface area contributed by atoms with Crippen LogP contribution in [0, 0.1) is 17.3 Å². The summed E-state index contributed by atoms with van der Waals surface area (Å²) in [4.78, 5) is 29.3. The van der Waals surface area contributed by atoms with Gasteiger partial charge in [0.15, 0.2) is 0 Å². The van der Waals surface area contributed by atoms with Crippen LogP contribution < -0.4 is 0 Å². The van der Waals surface area contributed by atoms with Crippen LogP contribution >= 0.6 is 68.4 Å². The Balaban J connectivity index is 0.000000186. The molecule has 0 bridgehead atoms. The highest BCUT2D eigenvalue weighted by Gasteiger charge is 2.13. The number of aromatic amines is 1. The van der Waals surface area contributed by atoms with Crippen molar-refractivity contribution in [3.8, 4) is 0 Å². The summed E-state index contributed by atoms with van der Waals surface area (Å²) in [6, 6.07) is 6.46. The number of nitrogens with zero attached hydrogens (tertiary/aromatic N) is 6. The van der Waals surface area contributed by atoms with E-state index in [1.54, 1.807) is 12.1 Å². The van der Waals surface area contributed by atoms with Gasteiger partial charge in [0, 0.05) is 38.2 Å². The van der Waals surface area contributed by atoms with Crippen molar-refractivity contribution in [2.24, 2.45) is 0 Å². The van der Waals surface area contributed by atoms with Crippen molar-refractivity contribution < 1.29 is 4.92 Å². The van der Waals surface area contributed by atoms with Crippen LogP contribution in [-0.2, 0) is 6.54 Å². The normalized spacial score (nSPS) is 10.9. The number of benzene rings is 1. The summed E-state index contributed by atoms with van der Waals surface area (Å²) in [5.41, 5.74) is 2.56. The third-order valence-electron chi connectivity index (χ3n) is 4.44. The van der Waals surface area contributed by atoms with E-state index in [0.717, 1.165) is 34.8 Å². The molecule has 0 saturated heterocycles. The summed E-state index contributed by atoms with van der Waals surface area (Å²) in [6.07, 6.45) is 6.66. The van der Waals surface area contributed by atoms with Gasteiger partial charge < -0.3 is 9.55 Å². The zero-order chi connectivity index (χ0) is 22.8. The molecule has 1 N–H and O–H groups in total. The van der Waals surface area contributed by atoms with E-state index in [1.807, 2.05) is 17.0 Å². The van der Waals surface area contributed by atoms with Crippen LogP contribution in [0.15, 0.2) is 49.3 Å². The van der Waals surface area contributed by atoms with Crippen LogP contribution in [-0.4, -0.2) is 34.4 Å². The van der Waals surface area contributed by atoms with Crippen molar-refractivity contribution in [1.82, 2.24) is 29.5 Å². The van der Waals surface area contributed by atoms with Crippen LogP contribution in [0.3, 0.4) is 0 Å². The molecule has 9 nitrogen and oxygen atoms in total. The second-order valence-electron chi connectivity index (χ2n) is 6.42. The summed E-state index contributed by atoms with van der Waals surface area (Å²) in [5, 5.41) is 13.3. The lowest BCUT2D eigenvalue weighted by molar-refractivity contribution is -0.384. The molecule has 0 amide bonds. The number of aromatic nitrogens is 6. The van der Waals surface area contributed by atoms with Gasteiger partial charge in [0.25, 0.3) is 5.69 Å². The molecule has 0 aliphatic heterocycles. The van der Waals surface area contributed by atoms with Gasteiger partial charge in [0.1, 0.15) is 34.3 Å². The van der Waals surface area contributed by atoms with E-state index in [0.29, 0.717) is 16.9 Å². The van der Waals surface area contributed by atoms with Gasteiger partial charge in [-0.3, -0.25) is 10.1 Å². The third-order valence-corrected chi connectivity index (χ3v) is 6.68. The van der Waals surface area contributed by atoms with Gasteiger partial charge in [0.05, 0.1) is 15.7 Å². The first-order chi connectivity index (χ1) is 15.3. The minimum absolute atomic E-state index is 0.0797. The summed E-state index contributed by atoms with van der Waals surface area (Å²) in [7, 11) is 0. The maximum atomic E-state index is 10.7. The molecule has 0 fully saturated rings. The average molecular weight is 694 g/mol. The molecule has 4 heterocycles. The summed E-state index contributed by atoms with van der Waals surface area (Å²) in [5.74, 6) is 0. The van der Waals surface area contributed by atoms with E-state index < -0.39 is 4.92 Å². The minimum Gasteiger partial charge on any atom is -0.345 e. The molecule has 5 aromatic rings. The second kappa shape index (κ2) is 9.80. The molecule has 13 heteroatoms. The number of nitro benzene ring substituents is 1. The van der Waals surface area contributed by atoms with E-state index in [1.165, 1.54) is 24.8 Å². The van der Waals surface area contributed by atoms with Crippen molar-refractivity contribution >= 4 is 96.1 Å². The first-order valence-corrected chi connectivity index (χ1v) is 11.8. The number of nitrogens with one attached hydrogen (secondary N) is 1. The lowest BCUT2D eigenvalue weighted by atomic mass is 10.2. The van der Waals surface area contributed by atoms with E-state index >= 15 is 0 Å². The number of H-pyrrole nitrogens is 1. The monoisotopic (exact) mass is 693 g/mol. The molecule has 0 atom stereocenters. The molecular weight excluding hydrogens is 683 g/mol. The lowest BCUT2D eigenvalue weighted by Crippen LogP contribution is -1.99. The SMILES string of the molecule is Clc1ncnc2[nH]cc(I)c12.O=[N+]([O-])c1ccc(Cn2cc(I)c3c(Cl)ncnc32)cc1. The maximum Gasteiger partial charge on any atom is 0.269 e. The highest BCUT2D eigenvalue weighted by molar-refractivity contribution is 14.1. The molecular formula is C19H11Cl2I2N7O2. The number of halogens is 4. The Bertz CT molecular complexity index is 1440. The standard InChI is InChI=1S/C13H8ClIN4O2.C6H3ClIN3/c14-12-11-10(15)6-18(13(11)17-7-16-12)5-8-1-3-9(4-2-8)19(20)21;7-5-4-3(8)1-9-6(4)11-2-10-5/h1-4,6-7H,5H2;1-2H,(H,9,10,11). The van der Waals surface area contributed by atoms with Gasteiger partial charge >= 0.3 is 0 Å². The van der Waals surface area contributed by atoms with Crippen molar-refractivity contribution in [2.75, 3.05) is 0 Å². The van der Waals surface area contributed by atoms with Crippen LogP contribution in [0.25, 0.3) is 22.1 Å². The fourth-order valence-corrected chi connectivity index (χ4v) is 5.25. The zero-order valence-corrected chi connectivity index (χ0v) is 21.7. The average Bonchev–Trinajstić information content (AvgIpc) is 3.30. The molecule has 1 aromatic carbocycles. The number of hydrogen-bond acceptors (Lipinski definition) is 6. The van der Waals surface area contributed by atoms with Gasteiger partial charge in [-0.25, -0.2) is 19.9 Å². The van der Waals surface area contributed by atoms with Crippen molar-refractivity contribution in [3.63, 3.8) is 0 Å². The van der Waals surface area contributed by atoms with Crippen LogP contribution in [0.1, 0.15) is 5.56 Å². The molecule has 162 valence electrons. The molecule has 4 aromatic heterocycles. The smallest absolute Gasteiger partial charge is 0.269 e. The molecule has 0 aliphatic rings. The number of rotatable bonds is 3. The van der Waals surface area contributed by atoms with Gasteiger partial charge in [-0.15, -0.1) is 0 Å². The Morgan fingerprint density at radius 2 is 1.62 bits per heavy atom. The van der Waals surface area contributed by atoms with Gasteiger partial charge in [-0.1, -0.05) is 35.3 Å². The number of nitro groups is 1. The first-order valence-electron chi connectivity index (χ1n) is 8.86. The highest BCUT2D eigenvalue weighted by atomic mass is 127. The molecule has 0 spiro atoms. The molecule has 0 radical (unpaired) electrons. The zero-order valence-electron chi connectivity index (χ0n) is 15.8. The van der Waals surface area contributed by atoms with E-state index in [2.05, 4.69) is 70.1 Å². The fourth-order valence-electron chi connectivity index (χ4n) is 2.97. The largest absolute Gasteiger partial charge is 0.345 e. The Hall–Kier alpha value is -2.10. The van der Waals surface area contributed by atoms with Crippen LogP contribution in [0.4, 0.5) is 5.69 Å². The van der Waals surface area contributed by atoms with Crippen LogP contribution in [0.5, 0.6) is 0 Å². The van der Waals surface area contributed by atoms with E-state index in [4.69, 9.17) is 23.2 Å². The van der Waals surface area contributed by atoms with Gasteiger partial charge in [0.2, 0.25) is 0 Å². The Kier molecular flexibility index (Phi) is 7.07. The van der Waals surface area contributed by atoms with E-state index in [9.17, 15) is 10.1 Å². The Morgan fingerprint density at radius 1 is 0.969 bits per heavy atom. The lowest BCUT2D eigenvalue weighted by Gasteiger charge is -2.04. The van der Waals surface area contributed by atoms with Gasteiger partial charge in [-0.2, -0.15) is 0 Å². The predicted octanol–water partition coefficient (Wildman–Crippen LogP) is 5.86. The number of non-ortho nitro benzene ring substituents is 1. The van der Waals surface area contributed by atoms with Crippen molar-refractivity contribution in [3.05, 3.63) is 82.4 Å². The molecule has 0 saturated carbocycles. The molecule has 5 rings (SSSR count). The van der Waals surface area contributed by atoms with E-state index in [-0.39, 0.29) is 5.69 Å². The summed E-state index contributed by atoms with van der Waals surface area (Å²) in [6.45, 7) is 0.560. The quantitative estimate of drug-likeness (QED) is 0.110. The van der Waals surface area contributed by atoms with Crippen LogP contribution in [0.2, 0.25) is 10.3 Å². The highest BCUT2D eigenvalue weighted by Crippen LogP contribution is 2.27. The number of fused-ring (bicyclic) bond motifs is 2. The molecule has 32 heavy (non-hydrogen) atoms. The van der Waals surface area contributed by atoms with Gasteiger partial charge in [-0.05, 0) is 50.7 Å². The molecule has 0 aliphatic carbocycles. The Labute approximate surface area is 218 Å². The third kappa shape index (κ3) is 4.79. The first kappa shape index (κ1) is 23.1. The predicted molar refractivity (Wildman–Crippen MR) is 139 cm³/mol. The fraction of sp³-hybridized carbons (Fsp3) is 0.0526. The second-order valence-corrected chi connectivity index (χ2v) is 9.46.